The van der Waals surface area contributed by atoms with E-state index in [2.05, 4.69) is 10.6 Å². The summed E-state index contributed by atoms with van der Waals surface area (Å²) < 4.78 is 0. The molecule has 0 fully saturated rings. The number of unbranched alkanes of at least 4 members (excludes halogenated alkanes) is 1. The fraction of sp³-hybridized carbons (Fsp3) is 0.714. The number of carbonyl (C=O) groups is 4. The molecule has 0 aliphatic heterocycles. The second kappa shape index (κ2) is 11.3. The fourth-order valence-electron chi connectivity index (χ4n) is 1.96. The molecule has 0 saturated heterocycles. The van der Waals surface area contributed by atoms with Crippen LogP contribution in [0.2, 0.25) is 0 Å². The summed E-state index contributed by atoms with van der Waals surface area (Å²) in [6.07, 6.45) is -0.809. The SMILES string of the molecule is CC(O)C(NC(=O)C(N)CC(=O)O)C(=O)NC(CCCCN)C(=O)O. The van der Waals surface area contributed by atoms with Crippen LogP contribution in [0.1, 0.15) is 32.6 Å². The Morgan fingerprint density at radius 2 is 1.64 bits per heavy atom. The van der Waals surface area contributed by atoms with Crippen LogP contribution < -0.4 is 22.1 Å². The van der Waals surface area contributed by atoms with E-state index >= 15 is 0 Å². The van der Waals surface area contributed by atoms with Crippen molar-refractivity contribution in [3.63, 3.8) is 0 Å². The lowest BCUT2D eigenvalue weighted by Crippen LogP contribution is -2.58. The van der Waals surface area contributed by atoms with E-state index in [-0.39, 0.29) is 6.42 Å². The smallest absolute Gasteiger partial charge is 0.326 e. The third-order valence-electron chi connectivity index (χ3n) is 3.36. The highest BCUT2D eigenvalue weighted by atomic mass is 16.4. The highest BCUT2D eigenvalue weighted by Crippen LogP contribution is 2.03. The molecule has 0 bridgehead atoms. The highest BCUT2D eigenvalue weighted by molar-refractivity contribution is 5.93. The average Bonchev–Trinajstić information content (AvgIpc) is 2.50. The van der Waals surface area contributed by atoms with Crippen molar-refractivity contribution in [3.05, 3.63) is 0 Å². The van der Waals surface area contributed by atoms with E-state index in [9.17, 15) is 24.3 Å². The zero-order valence-corrected chi connectivity index (χ0v) is 14.0. The molecule has 11 nitrogen and oxygen atoms in total. The Labute approximate surface area is 144 Å². The number of nitrogens with two attached hydrogens (primary N) is 2. The molecule has 0 aromatic rings. The summed E-state index contributed by atoms with van der Waals surface area (Å²) in [4.78, 5) is 45.7. The Morgan fingerprint density at radius 3 is 2.08 bits per heavy atom. The molecule has 0 aromatic carbocycles. The van der Waals surface area contributed by atoms with E-state index < -0.39 is 54.4 Å². The number of aliphatic hydroxyl groups excluding tert-OH is 1. The molecule has 4 atom stereocenters. The third-order valence-corrected chi connectivity index (χ3v) is 3.36. The first kappa shape index (κ1) is 22.8. The molecule has 0 spiro atoms. The van der Waals surface area contributed by atoms with Crippen molar-refractivity contribution >= 4 is 23.8 Å². The van der Waals surface area contributed by atoms with Crippen molar-refractivity contribution in [2.24, 2.45) is 11.5 Å². The quantitative estimate of drug-likeness (QED) is 0.181. The van der Waals surface area contributed by atoms with E-state index in [1.165, 1.54) is 6.92 Å². The van der Waals surface area contributed by atoms with Crippen LogP contribution in [-0.4, -0.2) is 69.8 Å². The van der Waals surface area contributed by atoms with Gasteiger partial charge in [-0.2, -0.15) is 0 Å². The molecule has 0 aliphatic rings. The third kappa shape index (κ3) is 8.98. The van der Waals surface area contributed by atoms with Crippen LogP contribution in [0.5, 0.6) is 0 Å². The van der Waals surface area contributed by atoms with Crippen LogP contribution >= 0.6 is 0 Å². The molecule has 0 saturated carbocycles. The molecule has 0 heterocycles. The normalized spacial score (nSPS) is 15.5. The number of carboxylic acids is 2. The zero-order chi connectivity index (χ0) is 19.6. The minimum atomic E-state index is -1.47. The van der Waals surface area contributed by atoms with Crippen LogP contribution in [-0.2, 0) is 19.2 Å². The number of aliphatic hydroxyl groups is 1. The Hall–Kier alpha value is -2.24. The summed E-state index contributed by atoms with van der Waals surface area (Å²) in [5, 5.41) is 31.8. The lowest BCUT2D eigenvalue weighted by atomic mass is 10.1. The van der Waals surface area contributed by atoms with Gasteiger partial charge in [-0.25, -0.2) is 4.79 Å². The summed E-state index contributed by atoms with van der Waals surface area (Å²) in [6.45, 7) is 1.60. The van der Waals surface area contributed by atoms with Gasteiger partial charge in [-0.3, -0.25) is 14.4 Å². The van der Waals surface area contributed by atoms with Crippen molar-refractivity contribution in [1.82, 2.24) is 10.6 Å². The van der Waals surface area contributed by atoms with E-state index in [1.807, 2.05) is 0 Å². The van der Waals surface area contributed by atoms with Crippen LogP contribution in [0.3, 0.4) is 0 Å². The molecule has 0 aliphatic carbocycles. The lowest BCUT2D eigenvalue weighted by Gasteiger charge is -2.24. The first-order chi connectivity index (χ1) is 11.6. The van der Waals surface area contributed by atoms with Gasteiger partial charge < -0.3 is 37.4 Å². The number of hydrogen-bond acceptors (Lipinski definition) is 7. The van der Waals surface area contributed by atoms with Crippen LogP contribution in [0, 0.1) is 0 Å². The maximum atomic E-state index is 12.2. The van der Waals surface area contributed by atoms with Gasteiger partial charge in [-0.15, -0.1) is 0 Å². The highest BCUT2D eigenvalue weighted by Gasteiger charge is 2.31. The molecule has 0 radical (unpaired) electrons. The van der Waals surface area contributed by atoms with E-state index in [0.717, 1.165) is 0 Å². The van der Waals surface area contributed by atoms with Gasteiger partial charge in [0, 0.05) is 0 Å². The minimum Gasteiger partial charge on any atom is -0.481 e. The molecular weight excluding hydrogens is 336 g/mol. The molecule has 2 amide bonds. The number of aliphatic carboxylic acids is 2. The maximum absolute atomic E-state index is 12.2. The molecule has 4 unspecified atom stereocenters. The minimum absolute atomic E-state index is 0.136. The van der Waals surface area contributed by atoms with Crippen LogP contribution in [0.4, 0.5) is 0 Å². The van der Waals surface area contributed by atoms with Crippen molar-refractivity contribution in [1.29, 1.82) is 0 Å². The number of hydrogen-bond donors (Lipinski definition) is 7. The molecule has 25 heavy (non-hydrogen) atoms. The Kier molecular flexibility index (Phi) is 10.3. The van der Waals surface area contributed by atoms with Crippen molar-refractivity contribution < 1.29 is 34.5 Å². The zero-order valence-electron chi connectivity index (χ0n) is 14.0. The van der Waals surface area contributed by atoms with E-state index in [4.69, 9.17) is 21.7 Å². The molecule has 11 heteroatoms. The number of nitrogens with one attached hydrogen (secondary N) is 2. The van der Waals surface area contributed by atoms with Gasteiger partial charge in [0.1, 0.15) is 12.1 Å². The summed E-state index contributed by atoms with van der Waals surface area (Å²) in [7, 11) is 0. The summed E-state index contributed by atoms with van der Waals surface area (Å²) in [5.74, 6) is -4.42. The fourth-order valence-corrected chi connectivity index (χ4v) is 1.96. The Morgan fingerprint density at radius 1 is 1.04 bits per heavy atom. The predicted octanol–water partition coefficient (Wildman–Crippen LogP) is -2.65. The number of carbonyl (C=O) groups excluding carboxylic acids is 2. The van der Waals surface area contributed by atoms with Gasteiger partial charge in [-0.1, -0.05) is 0 Å². The first-order valence-electron chi connectivity index (χ1n) is 7.79. The molecule has 0 rings (SSSR count). The standard InChI is InChI=1S/C14H26N4O7/c1-7(19)11(18-12(22)8(16)6-10(20)21)13(23)17-9(14(24)25)4-2-3-5-15/h7-9,11,19H,2-6,15-16H2,1H3,(H,17,23)(H,18,22)(H,20,21)(H,24,25). The second-order valence-corrected chi connectivity index (χ2v) is 5.62. The number of amides is 2. The predicted molar refractivity (Wildman–Crippen MR) is 86.3 cm³/mol. The molecular formula is C14H26N4O7. The Balaban J connectivity index is 4.88. The lowest BCUT2D eigenvalue weighted by molar-refractivity contribution is -0.143. The molecule has 9 N–H and O–H groups in total. The molecule has 0 aromatic heterocycles. The molecule has 144 valence electrons. The topological polar surface area (TPSA) is 205 Å². The first-order valence-corrected chi connectivity index (χ1v) is 7.79. The second-order valence-electron chi connectivity index (χ2n) is 5.62. The van der Waals surface area contributed by atoms with E-state index in [0.29, 0.717) is 19.4 Å². The van der Waals surface area contributed by atoms with Gasteiger partial charge in [0.2, 0.25) is 11.8 Å². The number of carboxylic acid groups (broad SMARTS) is 2. The van der Waals surface area contributed by atoms with Gasteiger partial charge in [0.25, 0.3) is 0 Å². The van der Waals surface area contributed by atoms with Crippen molar-refractivity contribution in [2.45, 2.75) is 56.8 Å². The van der Waals surface area contributed by atoms with Gasteiger partial charge in [0.05, 0.1) is 18.6 Å². The summed E-state index contributed by atoms with van der Waals surface area (Å²) in [6, 6.07) is -4.08. The van der Waals surface area contributed by atoms with Crippen LogP contribution in [0.15, 0.2) is 0 Å². The van der Waals surface area contributed by atoms with Gasteiger partial charge in [0.15, 0.2) is 0 Å². The number of rotatable bonds is 12. The van der Waals surface area contributed by atoms with Crippen molar-refractivity contribution in [3.8, 4) is 0 Å². The maximum Gasteiger partial charge on any atom is 0.326 e. The largest absolute Gasteiger partial charge is 0.481 e. The van der Waals surface area contributed by atoms with Crippen LogP contribution in [0.25, 0.3) is 0 Å². The van der Waals surface area contributed by atoms with Gasteiger partial charge in [-0.05, 0) is 32.7 Å². The van der Waals surface area contributed by atoms with Gasteiger partial charge >= 0.3 is 11.9 Å². The summed E-state index contributed by atoms with van der Waals surface area (Å²) in [5.41, 5.74) is 10.7. The van der Waals surface area contributed by atoms with E-state index in [1.54, 1.807) is 0 Å². The summed E-state index contributed by atoms with van der Waals surface area (Å²) >= 11 is 0. The Bertz CT molecular complexity index is 484. The monoisotopic (exact) mass is 362 g/mol. The average molecular weight is 362 g/mol. The van der Waals surface area contributed by atoms with Crippen molar-refractivity contribution in [2.75, 3.05) is 6.54 Å².